The number of hydrogen-bond donors (Lipinski definition) is 3. The van der Waals surface area contributed by atoms with Crippen molar-refractivity contribution in [1.82, 2.24) is 9.88 Å². The molecule has 4 rings (SSSR count). The lowest BCUT2D eigenvalue weighted by Gasteiger charge is -2.11. The summed E-state index contributed by atoms with van der Waals surface area (Å²) in [4.78, 5) is 36.8. The molecular formula is C21H15FN2O5. The molecule has 8 heteroatoms. The highest BCUT2D eigenvalue weighted by Gasteiger charge is 2.32. The van der Waals surface area contributed by atoms with Crippen LogP contribution in [0.5, 0.6) is 0 Å². The van der Waals surface area contributed by atoms with Gasteiger partial charge in [0.05, 0.1) is 16.8 Å². The van der Waals surface area contributed by atoms with Gasteiger partial charge in [0.1, 0.15) is 11.9 Å². The molecule has 1 aromatic heterocycles. The number of benzene rings is 2. The third kappa shape index (κ3) is 3.04. The summed E-state index contributed by atoms with van der Waals surface area (Å²) >= 11 is 0. The van der Waals surface area contributed by atoms with Crippen molar-refractivity contribution in [3.8, 4) is 0 Å². The Bertz CT molecular complexity index is 1190. The summed E-state index contributed by atoms with van der Waals surface area (Å²) in [5.74, 6) is -3.48. The highest BCUT2D eigenvalue weighted by Crippen LogP contribution is 2.34. The van der Waals surface area contributed by atoms with Gasteiger partial charge in [-0.25, -0.2) is 14.0 Å². The average molecular weight is 394 g/mol. The molecule has 1 atom stereocenters. The van der Waals surface area contributed by atoms with E-state index in [0.717, 1.165) is 18.3 Å². The zero-order valence-corrected chi connectivity index (χ0v) is 14.9. The SMILES string of the molecule is O=C(O)C1=CN[C@H](C(=O)O)Cc2c1n(C(=O)c1ccc(F)cc1)c1ccccc21. The predicted molar refractivity (Wildman–Crippen MR) is 102 cm³/mol. The van der Waals surface area contributed by atoms with Crippen LogP contribution in [0.4, 0.5) is 4.39 Å². The van der Waals surface area contributed by atoms with Gasteiger partial charge in [-0.1, -0.05) is 18.2 Å². The van der Waals surface area contributed by atoms with Crippen LogP contribution in [0.2, 0.25) is 0 Å². The van der Waals surface area contributed by atoms with E-state index in [1.165, 1.54) is 16.7 Å². The molecule has 7 nitrogen and oxygen atoms in total. The second kappa shape index (κ2) is 6.90. The zero-order chi connectivity index (χ0) is 20.7. The minimum absolute atomic E-state index is 0.0117. The van der Waals surface area contributed by atoms with Gasteiger partial charge < -0.3 is 15.5 Å². The van der Waals surface area contributed by atoms with Gasteiger partial charge in [0.15, 0.2) is 0 Å². The number of nitrogens with zero attached hydrogens (tertiary/aromatic N) is 1. The van der Waals surface area contributed by atoms with Crippen LogP contribution in [0.3, 0.4) is 0 Å². The van der Waals surface area contributed by atoms with E-state index in [1.807, 2.05) is 0 Å². The Morgan fingerprint density at radius 3 is 2.38 bits per heavy atom. The van der Waals surface area contributed by atoms with Crippen LogP contribution in [0.1, 0.15) is 21.6 Å². The molecule has 1 aliphatic heterocycles. The molecule has 2 heterocycles. The third-order valence-electron chi connectivity index (χ3n) is 4.89. The van der Waals surface area contributed by atoms with E-state index in [-0.39, 0.29) is 23.3 Å². The van der Waals surface area contributed by atoms with E-state index in [9.17, 15) is 29.0 Å². The third-order valence-corrected chi connectivity index (χ3v) is 4.89. The summed E-state index contributed by atoms with van der Waals surface area (Å²) in [5, 5.41) is 22.4. The molecule has 0 aliphatic carbocycles. The van der Waals surface area contributed by atoms with Gasteiger partial charge >= 0.3 is 11.9 Å². The molecule has 0 spiro atoms. The first-order chi connectivity index (χ1) is 13.9. The van der Waals surface area contributed by atoms with Crippen LogP contribution in [0.15, 0.2) is 54.7 Å². The summed E-state index contributed by atoms with van der Waals surface area (Å²) < 4.78 is 14.5. The van der Waals surface area contributed by atoms with Gasteiger partial charge in [0, 0.05) is 23.6 Å². The molecule has 0 radical (unpaired) electrons. The zero-order valence-electron chi connectivity index (χ0n) is 14.9. The number of carbonyl (C=O) groups is 3. The molecule has 3 N–H and O–H groups in total. The first kappa shape index (κ1) is 18.4. The predicted octanol–water partition coefficient (Wildman–Crippen LogP) is 2.49. The number of halogens is 1. The lowest BCUT2D eigenvalue weighted by Crippen LogP contribution is -2.34. The summed E-state index contributed by atoms with van der Waals surface area (Å²) in [5.41, 5.74) is 0.957. The smallest absolute Gasteiger partial charge is 0.339 e. The van der Waals surface area contributed by atoms with Crippen molar-refractivity contribution < 1.29 is 29.0 Å². The number of carboxylic acids is 2. The van der Waals surface area contributed by atoms with Crippen molar-refractivity contribution >= 4 is 34.3 Å². The van der Waals surface area contributed by atoms with Crippen molar-refractivity contribution in [2.75, 3.05) is 0 Å². The quantitative estimate of drug-likeness (QED) is 0.630. The highest BCUT2D eigenvalue weighted by molar-refractivity contribution is 6.19. The minimum Gasteiger partial charge on any atom is -0.480 e. The number of para-hydroxylation sites is 1. The minimum atomic E-state index is -1.30. The van der Waals surface area contributed by atoms with Crippen molar-refractivity contribution in [2.45, 2.75) is 12.5 Å². The topological polar surface area (TPSA) is 109 Å². The van der Waals surface area contributed by atoms with Crippen LogP contribution in [0.25, 0.3) is 16.5 Å². The molecule has 0 saturated carbocycles. The largest absolute Gasteiger partial charge is 0.480 e. The Hall–Kier alpha value is -3.94. The van der Waals surface area contributed by atoms with Crippen molar-refractivity contribution in [2.24, 2.45) is 0 Å². The Labute approximate surface area is 163 Å². The van der Waals surface area contributed by atoms with Gasteiger partial charge in [-0.05, 0) is 35.9 Å². The molecule has 0 unspecified atom stereocenters. The van der Waals surface area contributed by atoms with Gasteiger partial charge in [-0.3, -0.25) is 9.36 Å². The summed E-state index contributed by atoms with van der Waals surface area (Å²) in [7, 11) is 0. The Kier molecular flexibility index (Phi) is 4.38. The Morgan fingerprint density at radius 2 is 1.72 bits per heavy atom. The Balaban J connectivity index is 2.03. The van der Waals surface area contributed by atoms with Crippen molar-refractivity contribution in [3.05, 3.63) is 77.4 Å². The van der Waals surface area contributed by atoms with Crippen molar-refractivity contribution in [1.29, 1.82) is 0 Å². The number of carbonyl (C=O) groups excluding carboxylic acids is 1. The van der Waals surface area contributed by atoms with Crippen LogP contribution in [0, 0.1) is 5.82 Å². The van der Waals surface area contributed by atoms with Crippen LogP contribution in [-0.2, 0) is 16.0 Å². The van der Waals surface area contributed by atoms with E-state index in [0.29, 0.717) is 16.5 Å². The van der Waals surface area contributed by atoms with E-state index >= 15 is 0 Å². The van der Waals surface area contributed by atoms with Crippen LogP contribution < -0.4 is 5.32 Å². The normalized spacial score (nSPS) is 15.8. The van der Waals surface area contributed by atoms with E-state index < -0.39 is 29.7 Å². The molecule has 0 amide bonds. The van der Waals surface area contributed by atoms with Gasteiger partial charge in [-0.2, -0.15) is 0 Å². The highest BCUT2D eigenvalue weighted by atomic mass is 19.1. The van der Waals surface area contributed by atoms with Crippen molar-refractivity contribution in [3.63, 3.8) is 0 Å². The van der Waals surface area contributed by atoms with E-state index in [2.05, 4.69) is 5.32 Å². The van der Waals surface area contributed by atoms with Gasteiger partial charge in [0.2, 0.25) is 0 Å². The van der Waals surface area contributed by atoms with Crippen LogP contribution >= 0.6 is 0 Å². The van der Waals surface area contributed by atoms with Gasteiger partial charge in [0.25, 0.3) is 5.91 Å². The maximum atomic E-state index is 13.3. The summed E-state index contributed by atoms with van der Waals surface area (Å²) in [6, 6.07) is 10.7. The van der Waals surface area contributed by atoms with Crippen LogP contribution in [-0.4, -0.2) is 38.7 Å². The summed E-state index contributed by atoms with van der Waals surface area (Å²) in [6.07, 6.45) is 1.10. The number of fused-ring (bicyclic) bond motifs is 3. The van der Waals surface area contributed by atoms with E-state index in [1.54, 1.807) is 24.3 Å². The maximum Gasteiger partial charge on any atom is 0.339 e. The molecule has 146 valence electrons. The molecule has 2 aromatic carbocycles. The lowest BCUT2D eigenvalue weighted by molar-refractivity contribution is -0.139. The Morgan fingerprint density at radius 1 is 1.03 bits per heavy atom. The number of rotatable bonds is 3. The summed E-state index contributed by atoms with van der Waals surface area (Å²) in [6.45, 7) is 0. The van der Waals surface area contributed by atoms with E-state index in [4.69, 9.17) is 0 Å². The second-order valence-electron chi connectivity index (χ2n) is 6.62. The lowest BCUT2D eigenvalue weighted by atomic mass is 10.0. The monoisotopic (exact) mass is 394 g/mol. The number of hydrogen-bond acceptors (Lipinski definition) is 4. The average Bonchev–Trinajstić information content (AvgIpc) is 2.87. The molecular weight excluding hydrogens is 379 g/mol. The van der Waals surface area contributed by atoms with Gasteiger partial charge in [-0.15, -0.1) is 0 Å². The standard InChI is InChI=1S/C21H15FN2O5/c22-12-7-5-11(6-8-12)19(25)24-17-4-2-1-3-13(17)14-9-16(21(28)29)23-10-15(18(14)24)20(26)27/h1-8,10,16,23H,9H2,(H,26,27)(H,28,29)/t16-/m0/s1. The molecule has 3 aromatic rings. The molecule has 0 saturated heterocycles. The number of nitrogens with one attached hydrogen (secondary N) is 1. The molecule has 1 aliphatic rings. The number of aliphatic carboxylic acids is 2. The molecule has 0 fully saturated rings. The first-order valence-electron chi connectivity index (χ1n) is 8.73. The molecule has 0 bridgehead atoms. The fraction of sp³-hybridized carbons (Fsp3) is 0.0952. The first-order valence-corrected chi connectivity index (χ1v) is 8.73. The fourth-order valence-electron chi connectivity index (χ4n) is 3.57. The number of aromatic nitrogens is 1. The molecule has 29 heavy (non-hydrogen) atoms. The fourth-order valence-corrected chi connectivity index (χ4v) is 3.57. The maximum absolute atomic E-state index is 13.3. The number of carboxylic acid groups (broad SMARTS) is 2. The second-order valence-corrected chi connectivity index (χ2v) is 6.62.